The number of aliphatic hydroxyl groups excluding tert-OH is 1. The molecule has 1 heterocycles. The number of aliphatic hydroxyl groups is 1. The highest BCUT2D eigenvalue weighted by Gasteiger charge is 2.33. The van der Waals surface area contributed by atoms with Crippen LogP contribution in [0.1, 0.15) is 54.0 Å². The summed E-state index contributed by atoms with van der Waals surface area (Å²) in [6.45, 7) is 2.84. The Labute approximate surface area is 265 Å². The van der Waals surface area contributed by atoms with E-state index in [1.807, 2.05) is 30.3 Å². The minimum absolute atomic E-state index is 0.0245. The van der Waals surface area contributed by atoms with E-state index in [-0.39, 0.29) is 29.8 Å². The molecule has 0 unspecified atom stereocenters. The second-order valence-corrected chi connectivity index (χ2v) is 13.3. The maximum atomic E-state index is 13.0. The third-order valence-corrected chi connectivity index (χ3v) is 9.89. The van der Waals surface area contributed by atoms with Crippen LogP contribution in [0.4, 0.5) is 5.69 Å². The molecule has 0 spiro atoms. The van der Waals surface area contributed by atoms with Crippen molar-refractivity contribution in [3.05, 3.63) is 144 Å². The first-order valence-electron chi connectivity index (χ1n) is 15.2. The molecule has 1 aliphatic rings. The first-order chi connectivity index (χ1) is 21.8. The minimum Gasteiger partial charge on any atom is -0.392 e. The summed E-state index contributed by atoms with van der Waals surface area (Å²) in [6.07, 6.45) is -0.486. The number of nitrogens with one attached hydrogen (secondary N) is 1. The Morgan fingerprint density at radius 1 is 0.822 bits per heavy atom. The van der Waals surface area contributed by atoms with Gasteiger partial charge in [0.25, 0.3) is 10.0 Å². The SMILES string of the molecule is C[C@H](c1ccc2ccccc2c1)N(C)C[C@@H]1C[C@H](c2ccc(CO)cc2)O[C@H](c2cccc(NS(=O)(=O)c3ccccc3)c2)O1. The number of benzene rings is 5. The highest BCUT2D eigenvalue weighted by Crippen LogP contribution is 2.39. The summed E-state index contributed by atoms with van der Waals surface area (Å²) in [5.74, 6) is 0. The van der Waals surface area contributed by atoms with E-state index in [0.717, 1.165) is 16.7 Å². The average molecular weight is 623 g/mol. The molecule has 232 valence electrons. The molecule has 0 bridgehead atoms. The molecule has 7 nitrogen and oxygen atoms in total. The maximum absolute atomic E-state index is 13.0. The van der Waals surface area contributed by atoms with Crippen LogP contribution in [-0.4, -0.2) is 38.1 Å². The summed E-state index contributed by atoms with van der Waals surface area (Å²) in [5.41, 5.74) is 4.21. The lowest BCUT2D eigenvalue weighted by Gasteiger charge is -2.39. The predicted molar refractivity (Wildman–Crippen MR) is 177 cm³/mol. The van der Waals surface area contributed by atoms with Crippen LogP contribution in [0.2, 0.25) is 0 Å². The molecule has 45 heavy (non-hydrogen) atoms. The van der Waals surface area contributed by atoms with Gasteiger partial charge in [-0.1, -0.05) is 91.0 Å². The van der Waals surface area contributed by atoms with Gasteiger partial charge in [-0.2, -0.15) is 0 Å². The number of nitrogens with zero attached hydrogens (tertiary/aromatic N) is 1. The molecular formula is C37H38N2O5S. The van der Waals surface area contributed by atoms with E-state index >= 15 is 0 Å². The zero-order chi connectivity index (χ0) is 31.4. The normalized spacial score (nSPS) is 19.4. The molecule has 1 saturated heterocycles. The maximum Gasteiger partial charge on any atom is 0.261 e. The average Bonchev–Trinajstić information content (AvgIpc) is 3.08. The number of ether oxygens (including phenoxy) is 2. The molecule has 1 fully saturated rings. The number of hydrogen-bond donors (Lipinski definition) is 2. The lowest BCUT2D eigenvalue weighted by atomic mass is 9.98. The van der Waals surface area contributed by atoms with Crippen molar-refractivity contribution in [1.29, 1.82) is 0 Å². The molecule has 6 rings (SSSR count). The minimum atomic E-state index is -3.76. The van der Waals surface area contributed by atoms with E-state index in [4.69, 9.17) is 9.47 Å². The first-order valence-corrected chi connectivity index (χ1v) is 16.6. The molecule has 5 aromatic carbocycles. The van der Waals surface area contributed by atoms with Gasteiger partial charge in [-0.25, -0.2) is 8.42 Å². The lowest BCUT2D eigenvalue weighted by molar-refractivity contribution is -0.253. The van der Waals surface area contributed by atoms with Crippen molar-refractivity contribution in [3.8, 4) is 0 Å². The third kappa shape index (κ3) is 7.27. The van der Waals surface area contributed by atoms with Crippen molar-refractivity contribution in [3.63, 3.8) is 0 Å². The van der Waals surface area contributed by atoms with E-state index < -0.39 is 16.3 Å². The van der Waals surface area contributed by atoms with Crippen LogP contribution in [0.3, 0.4) is 0 Å². The van der Waals surface area contributed by atoms with Gasteiger partial charge in [0.1, 0.15) is 0 Å². The van der Waals surface area contributed by atoms with E-state index in [1.54, 1.807) is 48.5 Å². The molecule has 2 N–H and O–H groups in total. The van der Waals surface area contributed by atoms with Crippen LogP contribution in [0, 0.1) is 0 Å². The highest BCUT2D eigenvalue weighted by atomic mass is 32.2. The third-order valence-electron chi connectivity index (χ3n) is 8.49. The van der Waals surface area contributed by atoms with Crippen molar-refractivity contribution >= 4 is 26.5 Å². The molecule has 4 atom stereocenters. The van der Waals surface area contributed by atoms with Crippen LogP contribution >= 0.6 is 0 Å². The van der Waals surface area contributed by atoms with Crippen LogP contribution in [0.15, 0.2) is 126 Å². The number of anilines is 1. The largest absolute Gasteiger partial charge is 0.392 e. The van der Waals surface area contributed by atoms with Gasteiger partial charge >= 0.3 is 0 Å². The van der Waals surface area contributed by atoms with Crippen molar-refractivity contribution in [2.45, 2.75) is 49.4 Å². The molecule has 0 amide bonds. The lowest BCUT2D eigenvalue weighted by Crippen LogP contribution is -2.38. The molecule has 0 aliphatic carbocycles. The second kappa shape index (κ2) is 13.5. The van der Waals surface area contributed by atoms with Gasteiger partial charge in [0.05, 0.1) is 23.7 Å². The summed E-state index contributed by atoms with van der Waals surface area (Å²) >= 11 is 0. The zero-order valence-corrected chi connectivity index (χ0v) is 26.2. The van der Waals surface area contributed by atoms with Gasteiger partial charge in [0, 0.05) is 30.3 Å². The number of likely N-dealkylation sites (N-methyl/N-ethyl adjacent to an activating group) is 1. The van der Waals surface area contributed by atoms with E-state index in [1.165, 1.54) is 16.3 Å². The Morgan fingerprint density at radius 3 is 2.31 bits per heavy atom. The summed E-state index contributed by atoms with van der Waals surface area (Å²) < 4.78 is 41.8. The zero-order valence-electron chi connectivity index (χ0n) is 25.4. The highest BCUT2D eigenvalue weighted by molar-refractivity contribution is 7.92. The molecule has 1 aliphatic heterocycles. The summed E-state index contributed by atoms with van der Waals surface area (Å²) in [5, 5.41) is 12.0. The van der Waals surface area contributed by atoms with E-state index in [2.05, 4.69) is 66.1 Å². The Morgan fingerprint density at radius 2 is 1.56 bits per heavy atom. The second-order valence-electron chi connectivity index (χ2n) is 11.6. The first kappa shape index (κ1) is 31.0. The summed E-state index contributed by atoms with van der Waals surface area (Å²) in [7, 11) is -1.65. The van der Waals surface area contributed by atoms with E-state index in [0.29, 0.717) is 18.7 Å². The van der Waals surface area contributed by atoms with Crippen LogP contribution in [0.5, 0.6) is 0 Å². The Bertz CT molecular complexity index is 1850. The number of hydrogen-bond acceptors (Lipinski definition) is 6. The molecule has 5 aromatic rings. The fourth-order valence-electron chi connectivity index (χ4n) is 5.80. The molecule has 0 aromatic heterocycles. The topological polar surface area (TPSA) is 88.1 Å². The van der Waals surface area contributed by atoms with Crippen LogP contribution in [-0.2, 0) is 26.1 Å². The standard InChI is InChI=1S/C37H38N2O5S/c1-26(30-20-19-28-9-6-7-10-31(28)21-30)39(2)24-34-23-36(29-17-15-27(25-40)16-18-29)44-37(43-34)32-11-8-12-33(22-32)38-45(41,42)35-13-4-3-5-14-35/h3-22,26,34,36-38,40H,23-25H2,1-2H3/t26-,34+,36-,37-/m1/s1. The van der Waals surface area contributed by atoms with E-state index in [9.17, 15) is 13.5 Å². The molecule has 8 heteroatoms. The quantitative estimate of drug-likeness (QED) is 0.169. The fraction of sp³-hybridized carbons (Fsp3) is 0.243. The number of fused-ring (bicyclic) bond motifs is 1. The monoisotopic (exact) mass is 622 g/mol. The summed E-state index contributed by atoms with van der Waals surface area (Å²) in [4.78, 5) is 2.49. The van der Waals surface area contributed by atoms with Crippen molar-refractivity contribution in [2.75, 3.05) is 18.3 Å². The Kier molecular flexibility index (Phi) is 9.30. The summed E-state index contributed by atoms with van der Waals surface area (Å²) in [6, 6.07) is 38.4. The van der Waals surface area contributed by atoms with Crippen molar-refractivity contribution in [2.24, 2.45) is 0 Å². The number of sulfonamides is 1. The van der Waals surface area contributed by atoms with Crippen molar-refractivity contribution < 1.29 is 23.0 Å². The molecule has 0 radical (unpaired) electrons. The Balaban J connectivity index is 1.24. The number of rotatable bonds is 10. The predicted octanol–water partition coefficient (Wildman–Crippen LogP) is 7.37. The van der Waals surface area contributed by atoms with Gasteiger partial charge in [0.15, 0.2) is 6.29 Å². The van der Waals surface area contributed by atoms with Crippen LogP contribution < -0.4 is 4.72 Å². The smallest absolute Gasteiger partial charge is 0.261 e. The molecular weight excluding hydrogens is 584 g/mol. The molecule has 0 saturated carbocycles. The van der Waals surface area contributed by atoms with Crippen molar-refractivity contribution in [1.82, 2.24) is 4.90 Å². The Hall–Kier alpha value is -4.05. The van der Waals surface area contributed by atoms with Gasteiger partial charge in [-0.3, -0.25) is 9.62 Å². The fourth-order valence-corrected chi connectivity index (χ4v) is 6.87. The van der Waals surface area contributed by atoms with Gasteiger partial charge in [0.2, 0.25) is 0 Å². The van der Waals surface area contributed by atoms with Gasteiger partial charge in [-0.05, 0) is 71.8 Å². The van der Waals surface area contributed by atoms with Crippen LogP contribution in [0.25, 0.3) is 10.8 Å². The van der Waals surface area contributed by atoms with Gasteiger partial charge < -0.3 is 14.6 Å². The van der Waals surface area contributed by atoms with Gasteiger partial charge in [-0.15, -0.1) is 0 Å².